The lowest BCUT2D eigenvalue weighted by atomic mass is 9.84. The lowest BCUT2D eigenvalue weighted by molar-refractivity contribution is -0.198. The highest BCUT2D eigenvalue weighted by Gasteiger charge is 2.46. The van der Waals surface area contributed by atoms with E-state index in [1.807, 2.05) is 18.7 Å². The molecule has 3 nitrogen and oxygen atoms in total. The molecule has 0 unspecified atom stereocenters. The van der Waals surface area contributed by atoms with Gasteiger partial charge in [-0.05, 0) is 78.7 Å². The van der Waals surface area contributed by atoms with Crippen molar-refractivity contribution in [3.63, 3.8) is 0 Å². The molecule has 0 aromatic heterocycles. The molecule has 1 aliphatic heterocycles. The monoisotopic (exact) mass is 378 g/mol. The van der Waals surface area contributed by atoms with Gasteiger partial charge in [-0.3, -0.25) is 9.80 Å². The van der Waals surface area contributed by atoms with Crippen LogP contribution in [0.15, 0.2) is 0 Å². The average molecular weight is 379 g/mol. The van der Waals surface area contributed by atoms with Crippen molar-refractivity contribution in [2.45, 2.75) is 96.7 Å². The van der Waals surface area contributed by atoms with Crippen LogP contribution in [0.1, 0.15) is 66.2 Å². The Morgan fingerprint density at radius 3 is 2.19 bits per heavy atom. The Kier molecular flexibility index (Phi) is 8.23. The molecule has 0 radical (unpaired) electrons. The van der Waals surface area contributed by atoms with Crippen LogP contribution in [0.4, 0.5) is 13.2 Å². The molecule has 2 aliphatic rings. The van der Waals surface area contributed by atoms with Gasteiger partial charge in [0.15, 0.2) is 0 Å². The van der Waals surface area contributed by atoms with E-state index in [0.29, 0.717) is 25.1 Å². The van der Waals surface area contributed by atoms with Gasteiger partial charge >= 0.3 is 6.18 Å². The molecule has 1 saturated heterocycles. The van der Waals surface area contributed by atoms with Crippen molar-refractivity contribution < 1.29 is 17.9 Å². The van der Waals surface area contributed by atoms with E-state index in [-0.39, 0.29) is 18.7 Å². The number of halogens is 3. The van der Waals surface area contributed by atoms with Crippen molar-refractivity contribution in [2.75, 3.05) is 26.2 Å². The maximum absolute atomic E-state index is 13.5. The number of ether oxygens (including phenoxy) is 1. The molecule has 1 heterocycles. The highest BCUT2D eigenvalue weighted by molar-refractivity contribution is 4.88. The van der Waals surface area contributed by atoms with Gasteiger partial charge in [0.1, 0.15) is 6.04 Å². The summed E-state index contributed by atoms with van der Waals surface area (Å²) in [4.78, 5) is 3.62. The summed E-state index contributed by atoms with van der Waals surface area (Å²) in [6, 6.07) is -1.14. The molecule has 6 heteroatoms. The summed E-state index contributed by atoms with van der Waals surface area (Å²) in [5, 5.41) is 0. The Morgan fingerprint density at radius 1 is 1.00 bits per heavy atom. The number of piperazine rings is 1. The van der Waals surface area contributed by atoms with Crippen LogP contribution in [-0.4, -0.2) is 66.4 Å². The van der Waals surface area contributed by atoms with Gasteiger partial charge in [0.2, 0.25) is 0 Å². The summed E-state index contributed by atoms with van der Waals surface area (Å²) in [6.45, 7) is 10.0. The third-order valence-corrected chi connectivity index (χ3v) is 5.95. The SMILES string of the molecule is CC(C)OC1CCC(CCCN2CCN(C(C)C)C[C@@H]2C(F)(F)F)CC1. The summed E-state index contributed by atoms with van der Waals surface area (Å²) in [6.07, 6.45) is 2.94. The van der Waals surface area contributed by atoms with Crippen molar-refractivity contribution in [1.82, 2.24) is 9.80 Å². The molecular weight excluding hydrogens is 341 g/mol. The summed E-state index contributed by atoms with van der Waals surface area (Å²) in [5.41, 5.74) is 0. The van der Waals surface area contributed by atoms with E-state index in [4.69, 9.17) is 4.74 Å². The van der Waals surface area contributed by atoms with Crippen molar-refractivity contribution in [1.29, 1.82) is 0 Å². The fourth-order valence-electron chi connectivity index (χ4n) is 4.41. The van der Waals surface area contributed by atoms with Crippen molar-refractivity contribution in [3.8, 4) is 0 Å². The lowest BCUT2D eigenvalue weighted by Gasteiger charge is -2.43. The first-order valence-electron chi connectivity index (χ1n) is 10.4. The second-order valence-corrected chi connectivity index (χ2v) is 8.65. The van der Waals surface area contributed by atoms with Crippen molar-refractivity contribution in [3.05, 3.63) is 0 Å². The molecule has 1 aliphatic carbocycles. The first-order chi connectivity index (χ1) is 12.2. The third kappa shape index (κ3) is 6.68. The van der Waals surface area contributed by atoms with Crippen molar-refractivity contribution >= 4 is 0 Å². The van der Waals surface area contributed by atoms with E-state index >= 15 is 0 Å². The van der Waals surface area contributed by atoms with Gasteiger partial charge in [0.05, 0.1) is 12.2 Å². The van der Waals surface area contributed by atoms with Gasteiger partial charge in [-0.2, -0.15) is 13.2 Å². The topological polar surface area (TPSA) is 15.7 Å². The van der Waals surface area contributed by atoms with Gasteiger partial charge in [0.25, 0.3) is 0 Å². The fourth-order valence-corrected chi connectivity index (χ4v) is 4.41. The highest BCUT2D eigenvalue weighted by atomic mass is 19.4. The number of nitrogens with zero attached hydrogens (tertiary/aromatic N) is 2. The lowest BCUT2D eigenvalue weighted by Crippen LogP contribution is -2.60. The van der Waals surface area contributed by atoms with E-state index < -0.39 is 12.2 Å². The summed E-state index contributed by atoms with van der Waals surface area (Å²) < 4.78 is 46.3. The number of hydrogen-bond acceptors (Lipinski definition) is 3. The number of hydrogen-bond donors (Lipinski definition) is 0. The minimum atomic E-state index is -4.14. The van der Waals surface area contributed by atoms with Gasteiger partial charge in [-0.25, -0.2) is 0 Å². The van der Waals surface area contributed by atoms with Gasteiger partial charge in [-0.1, -0.05) is 0 Å². The summed E-state index contributed by atoms with van der Waals surface area (Å²) in [7, 11) is 0. The van der Waals surface area contributed by atoms with E-state index in [0.717, 1.165) is 45.1 Å². The number of alkyl halides is 3. The van der Waals surface area contributed by atoms with Crippen molar-refractivity contribution in [2.24, 2.45) is 5.92 Å². The Labute approximate surface area is 157 Å². The predicted molar refractivity (Wildman–Crippen MR) is 99.3 cm³/mol. The maximum Gasteiger partial charge on any atom is 0.405 e. The van der Waals surface area contributed by atoms with E-state index in [1.165, 1.54) is 0 Å². The quantitative estimate of drug-likeness (QED) is 0.638. The molecule has 1 atom stereocenters. The minimum absolute atomic E-state index is 0.110. The molecule has 0 spiro atoms. The molecule has 0 aromatic rings. The van der Waals surface area contributed by atoms with Crippen LogP contribution in [0.3, 0.4) is 0 Å². The van der Waals surface area contributed by atoms with E-state index in [1.54, 1.807) is 4.90 Å². The first-order valence-corrected chi connectivity index (χ1v) is 10.4. The number of rotatable bonds is 7. The molecule has 2 fully saturated rings. The molecule has 1 saturated carbocycles. The molecule has 2 rings (SSSR count). The van der Waals surface area contributed by atoms with Crippen LogP contribution in [0.2, 0.25) is 0 Å². The Hall–Kier alpha value is -0.330. The van der Waals surface area contributed by atoms with Crippen LogP contribution in [0.5, 0.6) is 0 Å². The highest BCUT2D eigenvalue weighted by Crippen LogP contribution is 2.32. The van der Waals surface area contributed by atoms with Gasteiger partial charge < -0.3 is 4.74 Å². The molecule has 0 amide bonds. The largest absolute Gasteiger partial charge is 0.405 e. The zero-order chi connectivity index (χ0) is 19.3. The smallest absolute Gasteiger partial charge is 0.376 e. The van der Waals surface area contributed by atoms with Crippen LogP contribution in [0, 0.1) is 5.92 Å². The van der Waals surface area contributed by atoms with Crippen LogP contribution in [-0.2, 0) is 4.74 Å². The standard InChI is InChI=1S/C20H37F3N2O/c1-15(2)25-13-12-24(19(14-25)20(21,22)23)11-5-6-17-7-9-18(10-8-17)26-16(3)4/h15-19H,5-14H2,1-4H3/t17?,18?,19-/m1/s1. The van der Waals surface area contributed by atoms with E-state index in [2.05, 4.69) is 13.8 Å². The minimum Gasteiger partial charge on any atom is -0.376 e. The fraction of sp³-hybridized carbons (Fsp3) is 1.00. The zero-order valence-corrected chi connectivity index (χ0v) is 16.9. The summed E-state index contributed by atoms with van der Waals surface area (Å²) >= 11 is 0. The Balaban J connectivity index is 1.74. The van der Waals surface area contributed by atoms with Gasteiger partial charge in [0, 0.05) is 25.7 Å². The average Bonchev–Trinajstić information content (AvgIpc) is 2.55. The van der Waals surface area contributed by atoms with Crippen LogP contribution < -0.4 is 0 Å². The van der Waals surface area contributed by atoms with Gasteiger partial charge in [-0.15, -0.1) is 0 Å². The summed E-state index contributed by atoms with van der Waals surface area (Å²) in [5.74, 6) is 0.656. The molecule has 0 N–H and O–H groups in total. The molecule has 0 aromatic carbocycles. The Bertz CT molecular complexity index is 406. The maximum atomic E-state index is 13.5. The first kappa shape index (κ1) is 22.0. The second-order valence-electron chi connectivity index (χ2n) is 8.65. The second kappa shape index (κ2) is 9.74. The van der Waals surface area contributed by atoms with Crippen LogP contribution in [0.25, 0.3) is 0 Å². The normalized spacial score (nSPS) is 29.7. The molecule has 154 valence electrons. The molecule has 26 heavy (non-hydrogen) atoms. The zero-order valence-electron chi connectivity index (χ0n) is 16.9. The Morgan fingerprint density at radius 2 is 1.65 bits per heavy atom. The van der Waals surface area contributed by atoms with Crippen LogP contribution >= 0.6 is 0 Å². The third-order valence-electron chi connectivity index (χ3n) is 5.95. The predicted octanol–water partition coefficient (Wildman–Crippen LogP) is 4.71. The molecule has 0 bridgehead atoms. The molecular formula is C20H37F3N2O. The van der Waals surface area contributed by atoms with E-state index in [9.17, 15) is 13.2 Å².